The van der Waals surface area contributed by atoms with Crippen molar-refractivity contribution >= 4 is 5.91 Å². The summed E-state index contributed by atoms with van der Waals surface area (Å²) in [7, 11) is 1.70. The summed E-state index contributed by atoms with van der Waals surface area (Å²) in [5.41, 5.74) is 3.34. The van der Waals surface area contributed by atoms with Crippen molar-refractivity contribution in [3.63, 3.8) is 0 Å². The standard InChI is InChI=1S/C31H39NO4/c1-22(2)35-27-15-11-25(12-16-27)21-32(24(5)33)20-19-29(30-9-7-8-10-31(30)34-6)26-13-17-28(18-14-26)36-23(3)4/h7-18,22-23,29H,19-21H2,1-6H3. The Bertz CT molecular complexity index is 1090. The molecule has 0 saturated heterocycles. The molecule has 0 bridgehead atoms. The van der Waals surface area contributed by atoms with Crippen LogP contribution in [0.2, 0.25) is 0 Å². The van der Waals surface area contributed by atoms with Crippen molar-refractivity contribution in [1.29, 1.82) is 0 Å². The van der Waals surface area contributed by atoms with Crippen molar-refractivity contribution in [2.45, 2.75) is 65.7 Å². The molecule has 5 nitrogen and oxygen atoms in total. The highest BCUT2D eigenvalue weighted by molar-refractivity contribution is 5.73. The molecule has 3 rings (SSSR count). The van der Waals surface area contributed by atoms with Crippen molar-refractivity contribution in [2.75, 3.05) is 13.7 Å². The lowest BCUT2D eigenvalue weighted by Crippen LogP contribution is -2.30. The van der Waals surface area contributed by atoms with Crippen LogP contribution in [0.5, 0.6) is 17.2 Å². The molecule has 5 heteroatoms. The number of carbonyl (C=O) groups is 1. The van der Waals surface area contributed by atoms with Crippen LogP contribution in [-0.2, 0) is 11.3 Å². The molecule has 0 radical (unpaired) electrons. The fourth-order valence-corrected chi connectivity index (χ4v) is 4.31. The Kier molecular flexibility index (Phi) is 9.80. The number of nitrogens with zero attached hydrogens (tertiary/aromatic N) is 1. The summed E-state index contributed by atoms with van der Waals surface area (Å²) in [6, 6.07) is 24.3. The largest absolute Gasteiger partial charge is 0.496 e. The molecule has 1 amide bonds. The van der Waals surface area contributed by atoms with E-state index in [1.807, 2.05) is 87.2 Å². The predicted octanol–water partition coefficient (Wildman–Crippen LogP) is 6.84. The maximum absolute atomic E-state index is 12.6. The van der Waals surface area contributed by atoms with E-state index in [9.17, 15) is 4.79 Å². The van der Waals surface area contributed by atoms with Crippen LogP contribution in [0.4, 0.5) is 0 Å². The van der Waals surface area contributed by atoms with E-state index in [1.54, 1.807) is 14.0 Å². The Morgan fingerprint density at radius 1 is 0.806 bits per heavy atom. The topological polar surface area (TPSA) is 48.0 Å². The van der Waals surface area contributed by atoms with Crippen LogP contribution in [0.15, 0.2) is 72.8 Å². The van der Waals surface area contributed by atoms with Crippen LogP contribution in [0.1, 0.15) is 63.6 Å². The molecular formula is C31H39NO4. The number of carbonyl (C=O) groups excluding carboxylic acids is 1. The molecular weight excluding hydrogens is 450 g/mol. The number of rotatable bonds is 12. The molecule has 0 heterocycles. The molecule has 3 aromatic carbocycles. The molecule has 0 aliphatic heterocycles. The second kappa shape index (κ2) is 13.0. The van der Waals surface area contributed by atoms with E-state index in [0.717, 1.165) is 40.4 Å². The summed E-state index contributed by atoms with van der Waals surface area (Å²) in [6.45, 7) is 10.9. The van der Waals surface area contributed by atoms with E-state index < -0.39 is 0 Å². The Balaban J connectivity index is 1.81. The number of ether oxygens (including phenoxy) is 3. The number of amides is 1. The lowest BCUT2D eigenvalue weighted by atomic mass is 9.87. The number of hydrogen-bond donors (Lipinski definition) is 0. The van der Waals surface area contributed by atoms with Gasteiger partial charge in [-0.2, -0.15) is 0 Å². The van der Waals surface area contributed by atoms with E-state index in [-0.39, 0.29) is 24.0 Å². The van der Waals surface area contributed by atoms with E-state index in [1.165, 1.54) is 0 Å². The van der Waals surface area contributed by atoms with Crippen LogP contribution >= 0.6 is 0 Å². The highest BCUT2D eigenvalue weighted by atomic mass is 16.5. The first-order chi connectivity index (χ1) is 17.3. The summed E-state index contributed by atoms with van der Waals surface area (Å²) < 4.78 is 17.3. The molecule has 0 aliphatic carbocycles. The van der Waals surface area contributed by atoms with Crippen molar-refractivity contribution in [2.24, 2.45) is 0 Å². The lowest BCUT2D eigenvalue weighted by molar-refractivity contribution is -0.129. The molecule has 0 saturated carbocycles. The van der Waals surface area contributed by atoms with E-state index in [4.69, 9.17) is 14.2 Å². The molecule has 0 spiro atoms. The maximum atomic E-state index is 12.6. The Labute approximate surface area is 216 Å². The summed E-state index contributed by atoms with van der Waals surface area (Å²) >= 11 is 0. The molecule has 36 heavy (non-hydrogen) atoms. The Morgan fingerprint density at radius 2 is 1.36 bits per heavy atom. The first-order valence-corrected chi connectivity index (χ1v) is 12.7. The van der Waals surface area contributed by atoms with Gasteiger partial charge in [0.25, 0.3) is 0 Å². The zero-order valence-corrected chi connectivity index (χ0v) is 22.4. The van der Waals surface area contributed by atoms with Crippen LogP contribution in [-0.4, -0.2) is 36.7 Å². The summed E-state index contributed by atoms with van der Waals surface area (Å²) in [4.78, 5) is 14.5. The lowest BCUT2D eigenvalue weighted by Gasteiger charge is -2.26. The van der Waals surface area contributed by atoms with Crippen molar-refractivity contribution < 1.29 is 19.0 Å². The van der Waals surface area contributed by atoms with Crippen LogP contribution in [0, 0.1) is 0 Å². The van der Waals surface area contributed by atoms with Gasteiger partial charge in [-0.3, -0.25) is 4.79 Å². The van der Waals surface area contributed by atoms with E-state index >= 15 is 0 Å². The molecule has 0 aromatic heterocycles. The van der Waals surface area contributed by atoms with E-state index in [2.05, 4.69) is 18.2 Å². The molecule has 1 unspecified atom stereocenters. The minimum absolute atomic E-state index is 0.0527. The van der Waals surface area contributed by atoms with Crippen LogP contribution < -0.4 is 14.2 Å². The fourth-order valence-electron chi connectivity index (χ4n) is 4.31. The van der Waals surface area contributed by atoms with Crippen LogP contribution in [0.25, 0.3) is 0 Å². The highest BCUT2D eigenvalue weighted by Crippen LogP contribution is 2.35. The Morgan fingerprint density at radius 3 is 1.89 bits per heavy atom. The zero-order valence-electron chi connectivity index (χ0n) is 22.4. The zero-order chi connectivity index (χ0) is 26.1. The second-order valence-electron chi connectivity index (χ2n) is 9.57. The van der Waals surface area contributed by atoms with E-state index in [0.29, 0.717) is 13.1 Å². The van der Waals surface area contributed by atoms with Gasteiger partial charge in [0.15, 0.2) is 0 Å². The van der Waals surface area contributed by atoms with Gasteiger partial charge in [-0.1, -0.05) is 42.5 Å². The second-order valence-corrected chi connectivity index (χ2v) is 9.57. The van der Waals surface area contributed by atoms with Crippen molar-refractivity contribution in [3.05, 3.63) is 89.5 Å². The van der Waals surface area contributed by atoms with Crippen molar-refractivity contribution in [1.82, 2.24) is 4.90 Å². The van der Waals surface area contributed by atoms with Gasteiger partial charge in [0.1, 0.15) is 17.2 Å². The highest BCUT2D eigenvalue weighted by Gasteiger charge is 2.21. The predicted molar refractivity (Wildman–Crippen MR) is 145 cm³/mol. The number of para-hydroxylation sites is 1. The quantitative estimate of drug-likeness (QED) is 0.279. The maximum Gasteiger partial charge on any atom is 0.219 e. The fraction of sp³-hybridized carbons (Fsp3) is 0.387. The molecule has 192 valence electrons. The molecule has 0 fully saturated rings. The first-order valence-electron chi connectivity index (χ1n) is 12.7. The van der Waals surface area contributed by atoms with Gasteiger partial charge < -0.3 is 19.1 Å². The Hall–Kier alpha value is -3.47. The van der Waals surface area contributed by atoms with Crippen LogP contribution in [0.3, 0.4) is 0 Å². The minimum Gasteiger partial charge on any atom is -0.496 e. The summed E-state index contributed by atoms with van der Waals surface area (Å²) in [6.07, 6.45) is 1.01. The van der Waals surface area contributed by atoms with Gasteiger partial charge in [0, 0.05) is 31.5 Å². The number of hydrogen-bond acceptors (Lipinski definition) is 4. The third-order valence-electron chi connectivity index (χ3n) is 5.97. The summed E-state index contributed by atoms with van der Waals surface area (Å²) in [5.74, 6) is 2.65. The van der Waals surface area contributed by atoms with Gasteiger partial charge >= 0.3 is 0 Å². The van der Waals surface area contributed by atoms with Gasteiger partial charge in [-0.25, -0.2) is 0 Å². The average Bonchev–Trinajstić information content (AvgIpc) is 2.85. The SMILES string of the molecule is COc1ccccc1C(CCN(Cc1ccc(OC(C)C)cc1)C(C)=O)c1ccc(OC(C)C)cc1. The first kappa shape index (κ1) is 27.1. The van der Waals surface area contributed by atoms with Gasteiger partial charge in [-0.05, 0) is 75.6 Å². The molecule has 3 aromatic rings. The molecule has 1 atom stereocenters. The number of benzene rings is 3. The third kappa shape index (κ3) is 7.77. The van der Waals surface area contributed by atoms with Gasteiger partial charge in [-0.15, -0.1) is 0 Å². The van der Waals surface area contributed by atoms with Gasteiger partial charge in [0.05, 0.1) is 19.3 Å². The molecule has 0 N–H and O–H groups in total. The monoisotopic (exact) mass is 489 g/mol. The average molecular weight is 490 g/mol. The summed E-state index contributed by atoms with van der Waals surface area (Å²) in [5, 5.41) is 0. The van der Waals surface area contributed by atoms with Crippen molar-refractivity contribution in [3.8, 4) is 17.2 Å². The number of methoxy groups -OCH3 is 1. The van der Waals surface area contributed by atoms with Gasteiger partial charge in [0.2, 0.25) is 5.91 Å². The smallest absolute Gasteiger partial charge is 0.219 e. The molecule has 0 aliphatic rings. The third-order valence-corrected chi connectivity index (χ3v) is 5.97. The normalized spacial score (nSPS) is 11.9. The minimum atomic E-state index is 0.0527.